The lowest BCUT2D eigenvalue weighted by molar-refractivity contribution is -0.131. The molecule has 0 spiro atoms. The van der Waals surface area contributed by atoms with Crippen LogP contribution >= 0.6 is 0 Å². The van der Waals surface area contributed by atoms with Gasteiger partial charge in [0.15, 0.2) is 0 Å². The van der Waals surface area contributed by atoms with Crippen LogP contribution in [-0.2, 0) is 11.2 Å². The third kappa shape index (κ3) is 3.65. The number of benzene rings is 2. The highest BCUT2D eigenvalue weighted by molar-refractivity contribution is 5.85. The molecule has 1 atom stereocenters. The van der Waals surface area contributed by atoms with Crippen LogP contribution in [0.3, 0.4) is 0 Å². The summed E-state index contributed by atoms with van der Waals surface area (Å²) in [4.78, 5) is 25.7. The molecule has 2 fully saturated rings. The van der Waals surface area contributed by atoms with E-state index in [9.17, 15) is 4.79 Å². The van der Waals surface area contributed by atoms with Crippen LogP contribution in [0.5, 0.6) is 0 Å². The molecule has 156 valence electrons. The van der Waals surface area contributed by atoms with E-state index >= 15 is 0 Å². The number of aromatic amines is 2. The lowest BCUT2D eigenvalue weighted by Crippen LogP contribution is -2.30. The number of carbonyl (C=O) groups excluding carboxylic acids is 1. The third-order valence-corrected chi connectivity index (χ3v) is 6.71. The van der Waals surface area contributed by atoms with Crippen molar-refractivity contribution < 1.29 is 4.79 Å². The topological polar surface area (TPSA) is 64.8 Å². The number of imidazole rings is 1. The molecule has 0 radical (unpaired) electrons. The van der Waals surface area contributed by atoms with Crippen LogP contribution in [0.4, 0.5) is 0 Å². The first-order valence-electron chi connectivity index (χ1n) is 11.2. The normalized spacial score (nSPS) is 18.7. The van der Waals surface area contributed by atoms with Crippen LogP contribution in [0.15, 0.2) is 60.9 Å². The fourth-order valence-electron chi connectivity index (χ4n) is 4.76. The van der Waals surface area contributed by atoms with Gasteiger partial charge in [-0.25, -0.2) is 4.98 Å². The van der Waals surface area contributed by atoms with Gasteiger partial charge >= 0.3 is 0 Å². The summed E-state index contributed by atoms with van der Waals surface area (Å²) in [6.45, 7) is 1.81. The smallest absolute Gasteiger partial charge is 0.225 e. The van der Waals surface area contributed by atoms with Crippen molar-refractivity contribution in [3.8, 4) is 22.5 Å². The number of aromatic nitrogens is 3. The van der Waals surface area contributed by atoms with Crippen molar-refractivity contribution in [1.82, 2.24) is 19.9 Å². The highest BCUT2D eigenvalue weighted by atomic mass is 16.2. The van der Waals surface area contributed by atoms with E-state index in [0.29, 0.717) is 17.7 Å². The number of nitrogens with zero attached hydrogens (tertiary/aromatic N) is 2. The number of nitrogens with one attached hydrogen (secondary N) is 2. The zero-order chi connectivity index (χ0) is 20.8. The second-order valence-electron chi connectivity index (χ2n) is 9.03. The van der Waals surface area contributed by atoms with Gasteiger partial charge in [0, 0.05) is 48.2 Å². The monoisotopic (exact) mass is 410 g/mol. The highest BCUT2D eigenvalue weighted by Crippen LogP contribution is 2.33. The molecule has 2 aromatic heterocycles. The summed E-state index contributed by atoms with van der Waals surface area (Å²) < 4.78 is 0. The molecule has 0 bridgehead atoms. The van der Waals surface area contributed by atoms with Gasteiger partial charge in [0.2, 0.25) is 5.91 Å². The second kappa shape index (κ2) is 7.41. The van der Waals surface area contributed by atoms with Crippen molar-refractivity contribution in [3.63, 3.8) is 0 Å². The number of carbonyl (C=O) groups is 1. The SMILES string of the molecule is O=C(C1CC1)N1CCC(Cc2cnc(-c3ccc(-c4ccc5[nH]ccc5c4)cc3)[nH]2)C1. The Bertz CT molecular complexity index is 1230. The molecule has 1 aliphatic heterocycles. The minimum absolute atomic E-state index is 0.324. The molecule has 2 aromatic carbocycles. The van der Waals surface area contributed by atoms with Gasteiger partial charge in [-0.05, 0) is 66.3 Å². The van der Waals surface area contributed by atoms with Crippen LogP contribution in [-0.4, -0.2) is 38.8 Å². The summed E-state index contributed by atoms with van der Waals surface area (Å²) in [5.41, 5.74) is 5.82. The Morgan fingerprint density at radius 3 is 2.65 bits per heavy atom. The molecule has 5 heteroatoms. The molecule has 31 heavy (non-hydrogen) atoms. The van der Waals surface area contributed by atoms with Gasteiger partial charge in [-0.3, -0.25) is 4.79 Å². The summed E-state index contributed by atoms with van der Waals surface area (Å²) in [6.07, 6.45) is 8.14. The van der Waals surface area contributed by atoms with E-state index in [1.165, 1.54) is 16.5 Å². The van der Waals surface area contributed by atoms with E-state index < -0.39 is 0 Å². The van der Waals surface area contributed by atoms with Gasteiger partial charge in [0.25, 0.3) is 0 Å². The molecule has 1 aliphatic carbocycles. The Labute approximate surface area is 181 Å². The summed E-state index contributed by atoms with van der Waals surface area (Å²) in [5, 5.41) is 1.22. The van der Waals surface area contributed by atoms with Crippen molar-refractivity contribution in [3.05, 3.63) is 66.6 Å². The first-order chi connectivity index (χ1) is 15.2. The standard InChI is InChI=1S/C26H26N4O/c31-26(20-5-6-20)30-12-10-17(16-30)13-23-15-28-25(29-23)19-3-1-18(2-4-19)21-7-8-24-22(14-21)9-11-27-24/h1-4,7-9,11,14-15,17,20,27H,5-6,10,12-13,16H2,(H,28,29). The predicted molar refractivity (Wildman–Crippen MR) is 122 cm³/mol. The second-order valence-corrected chi connectivity index (χ2v) is 9.03. The molecule has 1 unspecified atom stereocenters. The molecule has 5 nitrogen and oxygen atoms in total. The lowest BCUT2D eigenvalue weighted by atomic mass is 10.0. The minimum Gasteiger partial charge on any atom is -0.361 e. The van der Waals surface area contributed by atoms with E-state index in [0.717, 1.165) is 61.4 Å². The maximum Gasteiger partial charge on any atom is 0.225 e. The van der Waals surface area contributed by atoms with Crippen molar-refractivity contribution >= 4 is 16.8 Å². The fourth-order valence-corrected chi connectivity index (χ4v) is 4.76. The number of likely N-dealkylation sites (tertiary alicyclic amines) is 1. The first-order valence-corrected chi connectivity index (χ1v) is 11.2. The van der Waals surface area contributed by atoms with Crippen molar-refractivity contribution in [2.24, 2.45) is 11.8 Å². The third-order valence-electron chi connectivity index (χ3n) is 6.71. The zero-order valence-corrected chi connectivity index (χ0v) is 17.5. The van der Waals surface area contributed by atoms with Gasteiger partial charge in [-0.1, -0.05) is 30.3 Å². The summed E-state index contributed by atoms with van der Waals surface area (Å²) in [7, 11) is 0. The molecule has 1 saturated carbocycles. The Morgan fingerprint density at radius 2 is 1.81 bits per heavy atom. The molecular weight excluding hydrogens is 384 g/mol. The molecule has 1 saturated heterocycles. The predicted octanol–water partition coefficient (Wildman–Crippen LogP) is 5.03. The van der Waals surface area contributed by atoms with E-state index in [-0.39, 0.29) is 0 Å². The molecule has 4 aromatic rings. The quantitative estimate of drug-likeness (QED) is 0.485. The van der Waals surface area contributed by atoms with Gasteiger partial charge in [-0.15, -0.1) is 0 Å². The van der Waals surface area contributed by atoms with Gasteiger partial charge in [-0.2, -0.15) is 0 Å². The van der Waals surface area contributed by atoms with E-state index in [4.69, 9.17) is 0 Å². The number of rotatable bonds is 5. The Balaban J connectivity index is 1.13. The summed E-state index contributed by atoms with van der Waals surface area (Å²) in [5.74, 6) is 2.14. The molecule has 2 N–H and O–H groups in total. The van der Waals surface area contributed by atoms with Crippen molar-refractivity contribution in [1.29, 1.82) is 0 Å². The van der Waals surface area contributed by atoms with Crippen LogP contribution in [0.25, 0.3) is 33.4 Å². The summed E-state index contributed by atoms with van der Waals surface area (Å²) in [6, 6.07) is 17.2. The molecule has 2 aliphatic rings. The van der Waals surface area contributed by atoms with Crippen LogP contribution in [0.2, 0.25) is 0 Å². The fraction of sp³-hybridized carbons (Fsp3) is 0.308. The number of hydrogen-bond donors (Lipinski definition) is 2. The Morgan fingerprint density at radius 1 is 1.00 bits per heavy atom. The summed E-state index contributed by atoms with van der Waals surface area (Å²) >= 11 is 0. The van der Waals surface area contributed by atoms with Gasteiger partial charge in [0.1, 0.15) is 5.82 Å². The molecule has 3 heterocycles. The average Bonchev–Trinajstić information content (AvgIpc) is 3.17. The number of hydrogen-bond acceptors (Lipinski definition) is 2. The largest absolute Gasteiger partial charge is 0.361 e. The van der Waals surface area contributed by atoms with E-state index in [1.54, 1.807) is 0 Å². The Hall–Kier alpha value is -3.34. The van der Waals surface area contributed by atoms with Crippen molar-refractivity contribution in [2.45, 2.75) is 25.7 Å². The maximum atomic E-state index is 12.3. The lowest BCUT2D eigenvalue weighted by Gasteiger charge is -2.15. The zero-order valence-electron chi connectivity index (χ0n) is 17.5. The van der Waals surface area contributed by atoms with Crippen LogP contribution in [0, 0.1) is 11.8 Å². The number of amides is 1. The molecular formula is C26H26N4O. The highest BCUT2D eigenvalue weighted by Gasteiger charge is 2.36. The van der Waals surface area contributed by atoms with Crippen LogP contribution < -0.4 is 0 Å². The van der Waals surface area contributed by atoms with Gasteiger partial charge in [0.05, 0.1) is 0 Å². The van der Waals surface area contributed by atoms with E-state index in [1.807, 2.05) is 12.4 Å². The number of H-pyrrole nitrogens is 2. The van der Waals surface area contributed by atoms with Gasteiger partial charge < -0.3 is 14.9 Å². The van der Waals surface area contributed by atoms with Crippen molar-refractivity contribution in [2.75, 3.05) is 13.1 Å². The first kappa shape index (κ1) is 18.4. The van der Waals surface area contributed by atoms with E-state index in [2.05, 4.69) is 68.4 Å². The minimum atomic E-state index is 0.324. The number of fused-ring (bicyclic) bond motifs is 1. The van der Waals surface area contributed by atoms with Crippen LogP contribution in [0.1, 0.15) is 25.0 Å². The average molecular weight is 411 g/mol. The Kier molecular flexibility index (Phi) is 4.41. The molecule has 6 rings (SSSR count). The maximum absolute atomic E-state index is 12.3. The molecule has 1 amide bonds.